The first-order valence-electron chi connectivity index (χ1n) is 15.9. The smallest absolute Gasteiger partial charge is 0.325 e. The van der Waals surface area contributed by atoms with Crippen LogP contribution in [0.2, 0.25) is 0 Å². The number of amides is 1. The molecule has 234 valence electrons. The first-order chi connectivity index (χ1) is 19.7. The van der Waals surface area contributed by atoms with Gasteiger partial charge in [-0.1, -0.05) is 6.92 Å². The highest BCUT2D eigenvalue weighted by Crippen LogP contribution is 2.69. The minimum Gasteiger partial charge on any atom is -0.466 e. The maximum atomic E-state index is 14.3. The SMILES string of the molecule is CC(=O)OC[C@H](C)[C@H]1CC[C@H]2[C@@H]3CC[C@H]4C[C@@H](OC(C)=O)CC[C@]4(C(=O)NCC(=O)OC(C)(C)C)[C@H]3CC[C@]12CC#N. The van der Waals surface area contributed by atoms with Gasteiger partial charge >= 0.3 is 17.9 Å². The molecule has 0 saturated heterocycles. The van der Waals surface area contributed by atoms with E-state index in [0.717, 1.165) is 38.5 Å². The van der Waals surface area contributed by atoms with Crippen molar-refractivity contribution in [3.63, 3.8) is 0 Å². The number of rotatable bonds is 8. The predicted octanol–water partition coefficient (Wildman–Crippen LogP) is 5.11. The molecule has 9 atom stereocenters. The molecular weight excluding hydrogens is 536 g/mol. The Kier molecular flexibility index (Phi) is 9.64. The molecule has 0 aromatic carbocycles. The predicted molar refractivity (Wildman–Crippen MR) is 154 cm³/mol. The molecule has 1 amide bonds. The van der Waals surface area contributed by atoms with E-state index in [1.165, 1.54) is 13.8 Å². The Bertz CT molecular complexity index is 1090. The molecule has 4 fully saturated rings. The molecule has 0 aliphatic heterocycles. The molecule has 0 bridgehead atoms. The average molecular weight is 587 g/mol. The lowest BCUT2D eigenvalue weighted by Gasteiger charge is -2.61. The van der Waals surface area contributed by atoms with Gasteiger partial charge in [0.25, 0.3) is 0 Å². The van der Waals surface area contributed by atoms with E-state index < -0.39 is 17.0 Å². The summed E-state index contributed by atoms with van der Waals surface area (Å²) in [4.78, 5) is 50.2. The number of ether oxygens (including phenoxy) is 3. The van der Waals surface area contributed by atoms with Crippen LogP contribution >= 0.6 is 0 Å². The minimum atomic E-state index is -0.651. The summed E-state index contributed by atoms with van der Waals surface area (Å²) in [5.41, 5.74) is -1.44. The first-order valence-corrected chi connectivity index (χ1v) is 15.9. The van der Waals surface area contributed by atoms with E-state index in [1.807, 2.05) is 0 Å². The Morgan fingerprint density at radius 1 is 0.976 bits per heavy atom. The zero-order valence-corrected chi connectivity index (χ0v) is 26.3. The van der Waals surface area contributed by atoms with Crippen molar-refractivity contribution in [2.45, 2.75) is 117 Å². The maximum absolute atomic E-state index is 14.3. The Morgan fingerprint density at radius 2 is 1.71 bits per heavy atom. The van der Waals surface area contributed by atoms with Crippen LogP contribution in [0.1, 0.15) is 106 Å². The third-order valence-corrected chi connectivity index (χ3v) is 11.1. The fourth-order valence-corrected chi connectivity index (χ4v) is 9.91. The monoisotopic (exact) mass is 586 g/mol. The number of hydrogen-bond donors (Lipinski definition) is 1. The number of fused-ring (bicyclic) bond motifs is 5. The molecule has 0 unspecified atom stereocenters. The number of nitrogens with one attached hydrogen (secondary N) is 1. The lowest BCUT2D eigenvalue weighted by atomic mass is 9.43. The van der Waals surface area contributed by atoms with Gasteiger partial charge < -0.3 is 19.5 Å². The number of carbonyl (C=O) groups is 4. The molecule has 42 heavy (non-hydrogen) atoms. The van der Waals surface area contributed by atoms with E-state index in [4.69, 9.17) is 14.2 Å². The van der Waals surface area contributed by atoms with Crippen LogP contribution < -0.4 is 5.32 Å². The van der Waals surface area contributed by atoms with E-state index in [9.17, 15) is 24.4 Å². The van der Waals surface area contributed by atoms with Crippen LogP contribution in [0.15, 0.2) is 0 Å². The number of carbonyl (C=O) groups excluding carboxylic acids is 4. The molecule has 9 nitrogen and oxygen atoms in total. The standard InChI is InChI=1S/C33H50N2O7/c1-20(19-40-21(2)36)26-9-10-27-25-8-7-23-17-24(41-22(3)37)11-14-33(23,28(25)12-13-32(26,27)15-16-34)30(39)35-18-29(38)42-31(4,5)6/h20,23-28H,7-15,17-19H2,1-6H3,(H,35,39)/t20-,23-,24-,25-,26+,27-,28-,32-,33+/m0/s1. The van der Waals surface area contributed by atoms with Crippen LogP contribution in [-0.2, 0) is 33.4 Å². The van der Waals surface area contributed by atoms with E-state index in [2.05, 4.69) is 18.3 Å². The Balaban J connectivity index is 1.62. The summed E-state index contributed by atoms with van der Waals surface area (Å²) in [6.07, 6.45) is 7.70. The quantitative estimate of drug-likeness (QED) is 0.307. The van der Waals surface area contributed by atoms with Crippen molar-refractivity contribution in [2.24, 2.45) is 46.3 Å². The van der Waals surface area contributed by atoms with E-state index in [-0.39, 0.29) is 59.6 Å². The van der Waals surface area contributed by atoms with Crippen molar-refractivity contribution >= 4 is 23.8 Å². The molecule has 0 spiro atoms. The second-order valence-electron chi connectivity index (χ2n) is 14.5. The molecule has 4 rings (SSSR count). The summed E-state index contributed by atoms with van der Waals surface area (Å²) in [5, 5.41) is 13.0. The van der Waals surface area contributed by atoms with E-state index >= 15 is 0 Å². The lowest BCUT2D eigenvalue weighted by molar-refractivity contribution is -0.176. The molecule has 4 saturated carbocycles. The highest BCUT2D eigenvalue weighted by Gasteiger charge is 2.65. The highest BCUT2D eigenvalue weighted by atomic mass is 16.6. The fraction of sp³-hybridized carbons (Fsp3) is 0.848. The van der Waals surface area contributed by atoms with Crippen molar-refractivity contribution in [3.8, 4) is 6.07 Å². The molecular formula is C33H50N2O7. The van der Waals surface area contributed by atoms with E-state index in [0.29, 0.717) is 44.1 Å². The molecule has 4 aliphatic rings. The zero-order valence-electron chi connectivity index (χ0n) is 26.3. The van der Waals surface area contributed by atoms with Crippen LogP contribution in [0.5, 0.6) is 0 Å². The van der Waals surface area contributed by atoms with Crippen LogP contribution in [0.25, 0.3) is 0 Å². The van der Waals surface area contributed by atoms with Gasteiger partial charge in [-0.05, 0) is 119 Å². The molecule has 0 radical (unpaired) electrons. The van der Waals surface area contributed by atoms with Gasteiger partial charge in [-0.2, -0.15) is 5.26 Å². The largest absolute Gasteiger partial charge is 0.466 e. The van der Waals surface area contributed by atoms with Gasteiger partial charge in [-0.25, -0.2) is 0 Å². The average Bonchev–Trinajstić information content (AvgIpc) is 3.28. The van der Waals surface area contributed by atoms with Crippen molar-refractivity contribution in [2.75, 3.05) is 13.2 Å². The van der Waals surface area contributed by atoms with Gasteiger partial charge in [-0.15, -0.1) is 0 Å². The summed E-state index contributed by atoms with van der Waals surface area (Å²) in [7, 11) is 0. The second-order valence-corrected chi connectivity index (χ2v) is 14.5. The van der Waals surface area contributed by atoms with Crippen molar-refractivity contribution < 1.29 is 33.4 Å². The normalized spacial score (nSPS) is 36.2. The van der Waals surface area contributed by atoms with Crippen LogP contribution in [-0.4, -0.2) is 48.7 Å². The minimum absolute atomic E-state index is 0.0547. The number of esters is 3. The van der Waals surface area contributed by atoms with Crippen LogP contribution in [0.4, 0.5) is 0 Å². The summed E-state index contributed by atoms with van der Waals surface area (Å²) < 4.78 is 16.5. The van der Waals surface area contributed by atoms with Gasteiger partial charge in [0, 0.05) is 20.3 Å². The summed E-state index contributed by atoms with van der Waals surface area (Å²) in [5.74, 6) is 0.136. The summed E-state index contributed by atoms with van der Waals surface area (Å²) in [6.45, 7) is 10.6. The van der Waals surface area contributed by atoms with Crippen molar-refractivity contribution in [3.05, 3.63) is 0 Å². The first kappa shape index (κ1) is 32.3. The van der Waals surface area contributed by atoms with Crippen molar-refractivity contribution in [1.29, 1.82) is 5.26 Å². The number of hydrogen-bond acceptors (Lipinski definition) is 8. The Morgan fingerprint density at radius 3 is 2.36 bits per heavy atom. The van der Waals surface area contributed by atoms with Gasteiger partial charge in [-0.3, -0.25) is 19.2 Å². The second kappa shape index (κ2) is 12.5. The van der Waals surface area contributed by atoms with Gasteiger partial charge in [0.1, 0.15) is 18.2 Å². The summed E-state index contributed by atoms with van der Waals surface area (Å²) in [6, 6.07) is 2.52. The van der Waals surface area contributed by atoms with Crippen LogP contribution in [0, 0.1) is 57.7 Å². The van der Waals surface area contributed by atoms with Gasteiger partial charge in [0.2, 0.25) is 5.91 Å². The maximum Gasteiger partial charge on any atom is 0.325 e. The van der Waals surface area contributed by atoms with E-state index in [1.54, 1.807) is 20.8 Å². The number of nitriles is 1. The topological polar surface area (TPSA) is 132 Å². The van der Waals surface area contributed by atoms with Crippen molar-refractivity contribution in [1.82, 2.24) is 5.32 Å². The number of nitrogens with zero attached hydrogens (tertiary/aromatic N) is 1. The highest BCUT2D eigenvalue weighted by molar-refractivity contribution is 5.87. The molecule has 0 aromatic rings. The summed E-state index contributed by atoms with van der Waals surface area (Å²) >= 11 is 0. The molecule has 9 heteroatoms. The molecule has 4 aliphatic carbocycles. The van der Waals surface area contributed by atoms with Crippen LogP contribution in [0.3, 0.4) is 0 Å². The third-order valence-electron chi connectivity index (χ3n) is 11.1. The molecule has 0 heterocycles. The molecule has 1 N–H and O–H groups in total. The third kappa shape index (κ3) is 6.33. The Hall–Kier alpha value is -2.63. The Labute approximate surface area is 250 Å². The zero-order chi connectivity index (χ0) is 30.9. The fourth-order valence-electron chi connectivity index (χ4n) is 9.91. The van der Waals surface area contributed by atoms with Gasteiger partial charge in [0.05, 0.1) is 18.1 Å². The lowest BCUT2D eigenvalue weighted by Crippen LogP contribution is -2.61. The molecule has 0 aromatic heterocycles. The van der Waals surface area contributed by atoms with Gasteiger partial charge in [0.15, 0.2) is 0 Å².